The second-order valence-electron chi connectivity index (χ2n) is 4.14. The Morgan fingerprint density at radius 1 is 0.947 bits per heavy atom. The average Bonchev–Trinajstić information content (AvgIpc) is 2.36. The highest BCUT2D eigenvalue weighted by atomic mass is 35.5. The van der Waals surface area contributed by atoms with Gasteiger partial charge >= 0.3 is 0 Å². The summed E-state index contributed by atoms with van der Waals surface area (Å²) in [6.07, 6.45) is 0. The first-order valence-corrected chi connectivity index (χ1v) is 7.15. The first-order valence-electron chi connectivity index (χ1n) is 5.64. The number of nitrogens with one attached hydrogen (secondary N) is 1. The minimum atomic E-state index is -0.0132. The maximum absolute atomic E-state index is 6.21. The lowest BCUT2D eigenvalue weighted by Crippen LogP contribution is -2.07. The van der Waals surface area contributed by atoms with Crippen LogP contribution in [0.3, 0.4) is 0 Å². The van der Waals surface area contributed by atoms with Gasteiger partial charge in [0.05, 0.1) is 21.1 Å². The van der Waals surface area contributed by atoms with E-state index in [2.05, 4.69) is 5.32 Å². The minimum absolute atomic E-state index is 0.0132. The van der Waals surface area contributed by atoms with Gasteiger partial charge in [-0.25, -0.2) is 0 Å². The molecule has 19 heavy (non-hydrogen) atoms. The quantitative estimate of drug-likeness (QED) is 0.634. The van der Waals surface area contributed by atoms with Crippen LogP contribution in [0.5, 0.6) is 0 Å². The Bertz CT molecular complexity index is 598. The van der Waals surface area contributed by atoms with Gasteiger partial charge in [0.25, 0.3) is 0 Å². The molecule has 0 saturated heterocycles. The maximum Gasteiger partial charge on any atom is 0.0782 e. The van der Waals surface area contributed by atoms with Crippen LogP contribution in [0.15, 0.2) is 36.4 Å². The molecule has 100 valence electrons. The number of anilines is 1. The molecule has 2 aromatic carbocycles. The van der Waals surface area contributed by atoms with E-state index >= 15 is 0 Å². The summed E-state index contributed by atoms with van der Waals surface area (Å²) in [6, 6.07) is 11.1. The molecule has 0 aliphatic rings. The van der Waals surface area contributed by atoms with E-state index in [9.17, 15) is 0 Å². The molecule has 0 saturated carbocycles. The molecule has 1 atom stereocenters. The fraction of sp³-hybridized carbons (Fsp3) is 0.143. The summed E-state index contributed by atoms with van der Waals surface area (Å²) in [5, 5.41) is 5.29. The molecule has 2 aromatic rings. The topological polar surface area (TPSA) is 12.0 Å². The lowest BCUT2D eigenvalue weighted by Gasteiger charge is -2.18. The molecule has 1 N–H and O–H groups in total. The monoisotopic (exact) mass is 333 g/mol. The molecule has 0 amide bonds. The minimum Gasteiger partial charge on any atom is -0.378 e. The zero-order valence-corrected chi connectivity index (χ0v) is 13.1. The summed E-state index contributed by atoms with van der Waals surface area (Å²) in [4.78, 5) is 0. The first kappa shape index (κ1) is 14.8. The van der Waals surface area contributed by atoms with E-state index in [0.29, 0.717) is 20.1 Å². The van der Waals surface area contributed by atoms with Gasteiger partial charge < -0.3 is 5.32 Å². The third-order valence-electron chi connectivity index (χ3n) is 2.74. The van der Waals surface area contributed by atoms with Gasteiger partial charge in [-0.15, -0.1) is 0 Å². The molecule has 0 spiro atoms. The fourth-order valence-electron chi connectivity index (χ4n) is 1.78. The molecule has 0 aliphatic carbocycles. The highest BCUT2D eigenvalue weighted by Crippen LogP contribution is 2.36. The highest BCUT2D eigenvalue weighted by Gasteiger charge is 2.14. The molecule has 0 aromatic heterocycles. The molecular weight excluding hydrogens is 324 g/mol. The van der Waals surface area contributed by atoms with Crippen LogP contribution in [0.1, 0.15) is 18.5 Å². The molecular formula is C14H11Cl4N. The van der Waals surface area contributed by atoms with Crippen molar-refractivity contribution in [3.05, 3.63) is 62.1 Å². The Labute approximate surface area is 132 Å². The van der Waals surface area contributed by atoms with Crippen LogP contribution in [-0.4, -0.2) is 0 Å². The smallest absolute Gasteiger partial charge is 0.0782 e. The molecule has 0 bridgehead atoms. The summed E-state index contributed by atoms with van der Waals surface area (Å²) in [5.41, 5.74) is 1.80. The standard InChI is InChI=1S/C14H11Cl4N/c1-8(19-10-4-2-3-9(15)7-10)11-5-6-12(16)14(18)13(11)17/h2-8,19H,1H3. The van der Waals surface area contributed by atoms with E-state index < -0.39 is 0 Å². The van der Waals surface area contributed by atoms with Crippen LogP contribution in [-0.2, 0) is 0 Å². The Morgan fingerprint density at radius 3 is 2.37 bits per heavy atom. The summed E-state index contributed by atoms with van der Waals surface area (Å²) in [7, 11) is 0. The summed E-state index contributed by atoms with van der Waals surface area (Å²) < 4.78 is 0. The molecule has 5 heteroatoms. The Balaban J connectivity index is 2.25. The number of halogens is 4. The van der Waals surface area contributed by atoms with Crippen molar-refractivity contribution in [3.63, 3.8) is 0 Å². The Morgan fingerprint density at radius 2 is 1.68 bits per heavy atom. The second-order valence-corrected chi connectivity index (χ2v) is 5.74. The molecule has 1 nitrogen and oxygen atoms in total. The molecule has 1 unspecified atom stereocenters. The number of benzene rings is 2. The zero-order valence-electron chi connectivity index (χ0n) is 10.1. The Hall–Kier alpha value is -0.600. The predicted octanol–water partition coefficient (Wildman–Crippen LogP) is 6.47. The van der Waals surface area contributed by atoms with Crippen LogP contribution < -0.4 is 5.32 Å². The second kappa shape index (κ2) is 6.23. The van der Waals surface area contributed by atoms with Gasteiger partial charge in [0.1, 0.15) is 0 Å². The lowest BCUT2D eigenvalue weighted by molar-refractivity contribution is 0.885. The van der Waals surface area contributed by atoms with Gasteiger partial charge in [-0.2, -0.15) is 0 Å². The highest BCUT2D eigenvalue weighted by molar-refractivity contribution is 6.48. The normalized spacial score (nSPS) is 12.3. The van der Waals surface area contributed by atoms with Crippen LogP contribution in [0.2, 0.25) is 20.1 Å². The zero-order chi connectivity index (χ0) is 14.0. The Kier molecular flexibility index (Phi) is 4.86. The van der Waals surface area contributed by atoms with Crippen molar-refractivity contribution >= 4 is 52.1 Å². The number of rotatable bonds is 3. The van der Waals surface area contributed by atoms with E-state index in [-0.39, 0.29) is 6.04 Å². The molecule has 0 fully saturated rings. The number of hydrogen-bond donors (Lipinski definition) is 1. The van der Waals surface area contributed by atoms with E-state index in [0.717, 1.165) is 11.3 Å². The van der Waals surface area contributed by atoms with E-state index in [1.807, 2.05) is 37.3 Å². The van der Waals surface area contributed by atoms with Crippen LogP contribution in [0, 0.1) is 0 Å². The summed E-state index contributed by atoms with van der Waals surface area (Å²) >= 11 is 24.1. The van der Waals surface area contributed by atoms with E-state index in [4.69, 9.17) is 46.4 Å². The molecule has 0 heterocycles. The van der Waals surface area contributed by atoms with Gasteiger partial charge in [0, 0.05) is 10.7 Å². The number of hydrogen-bond acceptors (Lipinski definition) is 1. The summed E-state index contributed by atoms with van der Waals surface area (Å²) in [6.45, 7) is 1.99. The van der Waals surface area contributed by atoms with Crippen molar-refractivity contribution in [2.24, 2.45) is 0 Å². The molecule has 2 rings (SSSR count). The van der Waals surface area contributed by atoms with Crippen molar-refractivity contribution in [2.45, 2.75) is 13.0 Å². The van der Waals surface area contributed by atoms with Gasteiger partial charge in [0.15, 0.2) is 0 Å². The lowest BCUT2D eigenvalue weighted by atomic mass is 10.1. The van der Waals surface area contributed by atoms with Gasteiger partial charge in [-0.05, 0) is 36.8 Å². The third kappa shape index (κ3) is 3.49. The van der Waals surface area contributed by atoms with Gasteiger partial charge in [-0.3, -0.25) is 0 Å². The SMILES string of the molecule is CC(Nc1cccc(Cl)c1)c1ccc(Cl)c(Cl)c1Cl. The van der Waals surface area contributed by atoms with E-state index in [1.165, 1.54) is 0 Å². The van der Waals surface area contributed by atoms with Crippen molar-refractivity contribution in [2.75, 3.05) is 5.32 Å². The average molecular weight is 335 g/mol. The molecule has 0 radical (unpaired) electrons. The fourth-order valence-corrected chi connectivity index (χ4v) is 2.68. The van der Waals surface area contributed by atoms with Gasteiger partial charge in [-0.1, -0.05) is 58.5 Å². The van der Waals surface area contributed by atoms with E-state index in [1.54, 1.807) is 6.07 Å². The van der Waals surface area contributed by atoms with Crippen molar-refractivity contribution in [1.29, 1.82) is 0 Å². The van der Waals surface area contributed by atoms with Crippen LogP contribution in [0.4, 0.5) is 5.69 Å². The summed E-state index contributed by atoms with van der Waals surface area (Å²) in [5.74, 6) is 0. The van der Waals surface area contributed by atoms with Gasteiger partial charge in [0.2, 0.25) is 0 Å². The third-order valence-corrected chi connectivity index (χ3v) is 4.28. The van der Waals surface area contributed by atoms with Crippen molar-refractivity contribution in [3.8, 4) is 0 Å². The van der Waals surface area contributed by atoms with Crippen LogP contribution in [0.25, 0.3) is 0 Å². The van der Waals surface area contributed by atoms with Crippen LogP contribution >= 0.6 is 46.4 Å². The first-order chi connectivity index (χ1) is 8.99. The van der Waals surface area contributed by atoms with Crippen molar-refractivity contribution in [1.82, 2.24) is 0 Å². The largest absolute Gasteiger partial charge is 0.378 e. The predicted molar refractivity (Wildman–Crippen MR) is 85.0 cm³/mol. The van der Waals surface area contributed by atoms with Crippen molar-refractivity contribution < 1.29 is 0 Å². The maximum atomic E-state index is 6.21. The molecule has 0 aliphatic heterocycles.